The van der Waals surface area contributed by atoms with Gasteiger partial charge in [0.2, 0.25) is 0 Å². The number of carbonyl (C=O) groups is 1. The van der Waals surface area contributed by atoms with Crippen molar-refractivity contribution in [2.75, 3.05) is 0 Å². The molecule has 0 heterocycles. The van der Waals surface area contributed by atoms with Crippen molar-refractivity contribution in [1.82, 2.24) is 0 Å². The Balaban J connectivity index is 0.000000252. The molecular weight excluding hydrogens is 160 g/mol. The van der Waals surface area contributed by atoms with Crippen LogP contribution in [0.25, 0.3) is 0 Å². The second-order valence-corrected chi connectivity index (χ2v) is 3.23. The number of carbonyl (C=O) groups excluding carboxylic acids is 1. The molecule has 0 radical (unpaired) electrons. The second kappa shape index (κ2) is 6.41. The first-order valence-electron chi connectivity index (χ1n) is 4.59. The quantitative estimate of drug-likeness (QED) is 0.601. The standard InChI is InChI=1S/C8H10.C4H8O/c1-7(2)8-5-3-4-6-8;1-3-4(2)5/h3-6H,1-2H3;3H2,1-2H3. The van der Waals surface area contributed by atoms with Crippen molar-refractivity contribution in [2.45, 2.75) is 34.1 Å². The third-order valence-corrected chi connectivity index (χ3v) is 1.74. The fourth-order valence-electron chi connectivity index (χ4n) is 0.707. The van der Waals surface area contributed by atoms with Crippen LogP contribution in [0.4, 0.5) is 0 Å². The Hall–Kier alpha value is -1.11. The maximum absolute atomic E-state index is 9.81. The van der Waals surface area contributed by atoms with Gasteiger partial charge >= 0.3 is 0 Å². The first-order chi connectivity index (χ1) is 6.07. The van der Waals surface area contributed by atoms with E-state index < -0.39 is 0 Å². The Morgan fingerprint density at radius 2 is 1.54 bits per heavy atom. The number of ketones is 1. The average molecular weight is 178 g/mol. The van der Waals surface area contributed by atoms with Gasteiger partial charge in [0, 0.05) is 6.42 Å². The molecule has 1 heteroatoms. The molecule has 1 nitrogen and oxygen atoms in total. The molecule has 1 rings (SSSR count). The van der Waals surface area contributed by atoms with Crippen LogP contribution >= 0.6 is 0 Å². The molecule has 0 fully saturated rings. The lowest BCUT2D eigenvalue weighted by atomic mass is 10.2. The smallest absolute Gasteiger partial charge is 0.129 e. The van der Waals surface area contributed by atoms with Crippen molar-refractivity contribution < 1.29 is 4.79 Å². The summed E-state index contributed by atoms with van der Waals surface area (Å²) in [7, 11) is 0. The minimum absolute atomic E-state index is 0.255. The van der Waals surface area contributed by atoms with Crippen LogP contribution in [-0.2, 0) is 4.79 Å². The lowest BCUT2D eigenvalue weighted by Gasteiger charge is -1.90. The Bertz CT molecular complexity index is 236. The number of rotatable bonds is 1. The lowest BCUT2D eigenvalue weighted by molar-refractivity contribution is -0.116. The number of allylic oxidation sites excluding steroid dienone is 6. The van der Waals surface area contributed by atoms with Gasteiger partial charge in [0.05, 0.1) is 0 Å². The van der Waals surface area contributed by atoms with Crippen molar-refractivity contribution in [3.63, 3.8) is 0 Å². The minimum atomic E-state index is 0.255. The van der Waals surface area contributed by atoms with E-state index in [9.17, 15) is 4.79 Å². The molecule has 0 N–H and O–H groups in total. The Labute approximate surface area is 80.8 Å². The fraction of sp³-hybridized carbons (Fsp3) is 0.417. The van der Waals surface area contributed by atoms with Gasteiger partial charge in [-0.2, -0.15) is 0 Å². The molecule has 72 valence electrons. The zero-order valence-corrected chi connectivity index (χ0v) is 8.92. The van der Waals surface area contributed by atoms with Crippen LogP contribution in [0.3, 0.4) is 0 Å². The van der Waals surface area contributed by atoms with Gasteiger partial charge in [-0.3, -0.25) is 0 Å². The van der Waals surface area contributed by atoms with Gasteiger partial charge < -0.3 is 4.79 Å². The first kappa shape index (κ1) is 11.9. The number of hydrogen-bond donors (Lipinski definition) is 0. The third kappa shape index (κ3) is 6.09. The van der Waals surface area contributed by atoms with E-state index in [0.29, 0.717) is 6.42 Å². The maximum Gasteiger partial charge on any atom is 0.129 e. The molecule has 0 bridgehead atoms. The van der Waals surface area contributed by atoms with Gasteiger partial charge in [0.15, 0.2) is 0 Å². The summed E-state index contributed by atoms with van der Waals surface area (Å²) in [5, 5.41) is 0. The summed E-state index contributed by atoms with van der Waals surface area (Å²) in [6.45, 7) is 7.67. The predicted octanol–water partition coefficient (Wildman–Crippen LogP) is 3.43. The van der Waals surface area contributed by atoms with Crippen molar-refractivity contribution in [2.24, 2.45) is 0 Å². The van der Waals surface area contributed by atoms with Gasteiger partial charge in [-0.1, -0.05) is 36.8 Å². The topological polar surface area (TPSA) is 17.1 Å². The minimum Gasteiger partial charge on any atom is -0.300 e. The molecule has 0 aromatic carbocycles. The van der Waals surface area contributed by atoms with E-state index in [0.717, 1.165) is 0 Å². The van der Waals surface area contributed by atoms with Crippen LogP contribution < -0.4 is 0 Å². The number of Topliss-reactive ketones (excluding diaryl/α,β-unsaturated/α-hetero) is 1. The van der Waals surface area contributed by atoms with Crippen molar-refractivity contribution in [1.29, 1.82) is 0 Å². The van der Waals surface area contributed by atoms with Gasteiger partial charge in [-0.05, 0) is 26.3 Å². The van der Waals surface area contributed by atoms with Crippen molar-refractivity contribution in [3.05, 3.63) is 35.5 Å². The van der Waals surface area contributed by atoms with Gasteiger partial charge in [0.1, 0.15) is 5.78 Å². The molecule has 0 saturated heterocycles. The molecule has 0 aliphatic heterocycles. The summed E-state index contributed by atoms with van der Waals surface area (Å²) in [5.74, 6) is 0.255. The molecule has 1 aliphatic carbocycles. The van der Waals surface area contributed by atoms with Crippen LogP contribution in [0.2, 0.25) is 0 Å². The molecule has 0 aromatic heterocycles. The fourth-order valence-corrected chi connectivity index (χ4v) is 0.707. The van der Waals surface area contributed by atoms with Gasteiger partial charge in [-0.15, -0.1) is 0 Å². The predicted molar refractivity (Wildman–Crippen MR) is 57.6 cm³/mol. The molecular formula is C12H18O. The highest BCUT2D eigenvalue weighted by atomic mass is 16.1. The Kier molecular flexibility index (Phi) is 5.86. The van der Waals surface area contributed by atoms with E-state index >= 15 is 0 Å². The summed E-state index contributed by atoms with van der Waals surface area (Å²) in [6, 6.07) is 0. The molecule has 13 heavy (non-hydrogen) atoms. The summed E-state index contributed by atoms with van der Waals surface area (Å²) in [5.41, 5.74) is 2.74. The highest BCUT2D eigenvalue weighted by Gasteiger charge is 1.90. The molecule has 0 saturated carbocycles. The van der Waals surface area contributed by atoms with E-state index in [-0.39, 0.29) is 5.78 Å². The summed E-state index contributed by atoms with van der Waals surface area (Å²) >= 11 is 0. The highest BCUT2D eigenvalue weighted by molar-refractivity contribution is 5.74. The van der Waals surface area contributed by atoms with E-state index in [1.165, 1.54) is 11.1 Å². The molecule has 0 amide bonds. The average Bonchev–Trinajstić information content (AvgIpc) is 2.57. The second-order valence-electron chi connectivity index (χ2n) is 3.23. The monoisotopic (exact) mass is 178 g/mol. The van der Waals surface area contributed by atoms with Crippen LogP contribution in [-0.4, -0.2) is 5.78 Å². The van der Waals surface area contributed by atoms with Crippen molar-refractivity contribution in [3.8, 4) is 0 Å². The van der Waals surface area contributed by atoms with Crippen LogP contribution in [0.5, 0.6) is 0 Å². The third-order valence-electron chi connectivity index (χ3n) is 1.74. The zero-order chi connectivity index (χ0) is 10.3. The van der Waals surface area contributed by atoms with E-state index in [1.54, 1.807) is 6.92 Å². The Morgan fingerprint density at radius 3 is 1.69 bits per heavy atom. The molecule has 0 spiro atoms. The Morgan fingerprint density at radius 1 is 1.15 bits per heavy atom. The van der Waals surface area contributed by atoms with E-state index in [1.807, 2.05) is 6.92 Å². The van der Waals surface area contributed by atoms with Crippen LogP contribution in [0.15, 0.2) is 35.5 Å². The largest absolute Gasteiger partial charge is 0.300 e. The lowest BCUT2D eigenvalue weighted by Crippen LogP contribution is -1.80. The van der Waals surface area contributed by atoms with Crippen molar-refractivity contribution >= 4 is 5.78 Å². The number of hydrogen-bond acceptors (Lipinski definition) is 1. The molecule has 0 aromatic rings. The first-order valence-corrected chi connectivity index (χ1v) is 4.59. The zero-order valence-electron chi connectivity index (χ0n) is 8.92. The van der Waals surface area contributed by atoms with E-state index in [2.05, 4.69) is 38.2 Å². The molecule has 0 atom stereocenters. The summed E-state index contributed by atoms with van der Waals surface area (Å²) < 4.78 is 0. The van der Waals surface area contributed by atoms with Gasteiger partial charge in [-0.25, -0.2) is 0 Å². The SMILES string of the molecule is CC(C)=C1C=CC=C1.CCC(C)=O. The molecule has 0 unspecified atom stereocenters. The van der Waals surface area contributed by atoms with Crippen LogP contribution in [0.1, 0.15) is 34.1 Å². The van der Waals surface area contributed by atoms with Gasteiger partial charge in [0.25, 0.3) is 0 Å². The van der Waals surface area contributed by atoms with E-state index in [4.69, 9.17) is 0 Å². The summed E-state index contributed by atoms with van der Waals surface area (Å²) in [6.07, 6.45) is 9.02. The van der Waals surface area contributed by atoms with Crippen LogP contribution in [0, 0.1) is 0 Å². The highest BCUT2D eigenvalue weighted by Crippen LogP contribution is 2.11. The molecule has 1 aliphatic rings. The summed E-state index contributed by atoms with van der Waals surface area (Å²) in [4.78, 5) is 9.81. The normalized spacial score (nSPS) is 12.5. The maximum atomic E-state index is 9.81.